The van der Waals surface area contributed by atoms with Gasteiger partial charge in [-0.25, -0.2) is 9.97 Å². The number of rotatable bonds is 5. The molecule has 0 aromatic carbocycles. The zero-order chi connectivity index (χ0) is 14.5. The van der Waals surface area contributed by atoms with Crippen LogP contribution in [0, 0.1) is 0 Å². The van der Waals surface area contributed by atoms with E-state index >= 15 is 0 Å². The van der Waals surface area contributed by atoms with E-state index < -0.39 is 0 Å². The summed E-state index contributed by atoms with van der Waals surface area (Å²) in [6, 6.07) is 0.185. The van der Waals surface area contributed by atoms with Crippen LogP contribution in [0.3, 0.4) is 0 Å². The summed E-state index contributed by atoms with van der Waals surface area (Å²) in [5.74, 6) is 1.35. The lowest BCUT2D eigenvalue weighted by atomic mass is 10.1. The lowest BCUT2D eigenvalue weighted by Gasteiger charge is -2.24. The van der Waals surface area contributed by atoms with Crippen molar-refractivity contribution < 1.29 is 5.11 Å². The Morgan fingerprint density at radius 2 is 2.05 bits per heavy atom. The van der Waals surface area contributed by atoms with Crippen molar-refractivity contribution in [3.63, 3.8) is 0 Å². The molecule has 0 spiro atoms. The monoisotopic (exact) mass is 286 g/mol. The number of aliphatic hydroxyl groups excluding tert-OH is 1. The summed E-state index contributed by atoms with van der Waals surface area (Å²) in [5.41, 5.74) is 0.897. The fraction of sp³-hybridized carbons (Fsp3) is 0.429. The average molecular weight is 286 g/mol. The van der Waals surface area contributed by atoms with E-state index in [9.17, 15) is 5.11 Å². The number of nitrogens with zero attached hydrogens (tertiary/aromatic N) is 5. The van der Waals surface area contributed by atoms with Crippen molar-refractivity contribution >= 4 is 11.6 Å². The van der Waals surface area contributed by atoms with Crippen molar-refractivity contribution in [3.05, 3.63) is 36.7 Å². The van der Waals surface area contributed by atoms with Gasteiger partial charge in [0.05, 0.1) is 18.8 Å². The first-order chi connectivity index (χ1) is 10.4. The van der Waals surface area contributed by atoms with Gasteiger partial charge in [0.1, 0.15) is 11.5 Å². The summed E-state index contributed by atoms with van der Waals surface area (Å²) in [5, 5.41) is 12.4. The van der Waals surface area contributed by atoms with Crippen LogP contribution in [0.2, 0.25) is 0 Å². The molecule has 2 aromatic heterocycles. The Bertz CT molecular complexity index is 579. The van der Waals surface area contributed by atoms with Crippen molar-refractivity contribution in [3.8, 4) is 0 Å². The van der Waals surface area contributed by atoms with E-state index in [1.807, 2.05) is 0 Å². The fourth-order valence-corrected chi connectivity index (χ4v) is 2.71. The number of likely N-dealkylation sites (tertiary alicyclic amines) is 1. The molecule has 1 unspecified atom stereocenters. The van der Waals surface area contributed by atoms with Gasteiger partial charge in [-0.15, -0.1) is 0 Å². The van der Waals surface area contributed by atoms with Gasteiger partial charge in [0.25, 0.3) is 0 Å². The number of anilines is 2. The molecular formula is C14H18N6O. The standard InChI is InChI=1S/C14H18N6O/c21-9-8-20-7-1-2-11(20)13-14(18-6-5-17-13)19-12-10-15-3-4-16-12/h3-6,10-11,21H,1-2,7-9H2,(H,16,18,19). The molecule has 1 aliphatic heterocycles. The first-order valence-electron chi connectivity index (χ1n) is 7.07. The summed E-state index contributed by atoms with van der Waals surface area (Å²) < 4.78 is 0. The molecule has 2 aromatic rings. The smallest absolute Gasteiger partial charge is 0.154 e. The largest absolute Gasteiger partial charge is 0.395 e. The molecule has 7 nitrogen and oxygen atoms in total. The third kappa shape index (κ3) is 3.14. The van der Waals surface area contributed by atoms with Crippen molar-refractivity contribution in [2.75, 3.05) is 25.0 Å². The molecule has 2 N–H and O–H groups in total. The van der Waals surface area contributed by atoms with E-state index in [1.165, 1.54) is 0 Å². The Morgan fingerprint density at radius 3 is 2.86 bits per heavy atom. The number of hydrogen-bond donors (Lipinski definition) is 2. The van der Waals surface area contributed by atoms with Crippen molar-refractivity contribution in [2.45, 2.75) is 18.9 Å². The molecule has 0 radical (unpaired) electrons. The number of aliphatic hydroxyl groups is 1. The highest BCUT2D eigenvalue weighted by Crippen LogP contribution is 2.33. The van der Waals surface area contributed by atoms with Gasteiger partial charge in [0, 0.05) is 31.3 Å². The summed E-state index contributed by atoms with van der Waals surface area (Å²) in [6.45, 7) is 1.79. The molecule has 1 aliphatic rings. The van der Waals surface area contributed by atoms with Crippen LogP contribution in [-0.4, -0.2) is 49.6 Å². The van der Waals surface area contributed by atoms with E-state index in [2.05, 4.69) is 30.2 Å². The second-order valence-corrected chi connectivity index (χ2v) is 4.92. The quantitative estimate of drug-likeness (QED) is 0.852. The SMILES string of the molecule is OCCN1CCCC1c1nccnc1Nc1cnccn1. The number of β-amino-alcohol motifs (C(OH)–C–C–N with tert-alkyl or cyclic N) is 1. The van der Waals surface area contributed by atoms with Gasteiger partial charge in [0.15, 0.2) is 5.82 Å². The molecule has 21 heavy (non-hydrogen) atoms. The van der Waals surface area contributed by atoms with E-state index in [1.54, 1.807) is 31.0 Å². The fourth-order valence-electron chi connectivity index (χ4n) is 2.71. The van der Waals surface area contributed by atoms with Crippen LogP contribution in [-0.2, 0) is 0 Å². The molecule has 3 rings (SSSR count). The van der Waals surface area contributed by atoms with E-state index in [0.717, 1.165) is 25.1 Å². The third-order valence-electron chi connectivity index (χ3n) is 3.60. The third-order valence-corrected chi connectivity index (χ3v) is 3.60. The minimum absolute atomic E-state index is 0.156. The lowest BCUT2D eigenvalue weighted by molar-refractivity contribution is 0.184. The van der Waals surface area contributed by atoms with Crippen LogP contribution in [0.15, 0.2) is 31.0 Å². The maximum absolute atomic E-state index is 9.18. The highest BCUT2D eigenvalue weighted by atomic mass is 16.3. The molecule has 1 fully saturated rings. The van der Waals surface area contributed by atoms with E-state index in [0.29, 0.717) is 18.2 Å². The molecule has 1 saturated heterocycles. The molecule has 0 amide bonds. The topological polar surface area (TPSA) is 87.1 Å². The molecule has 0 bridgehead atoms. The Morgan fingerprint density at radius 1 is 1.19 bits per heavy atom. The minimum atomic E-state index is 0.156. The van der Waals surface area contributed by atoms with Crippen molar-refractivity contribution in [1.29, 1.82) is 0 Å². The van der Waals surface area contributed by atoms with Gasteiger partial charge in [-0.3, -0.25) is 14.9 Å². The van der Waals surface area contributed by atoms with Crippen LogP contribution in [0.25, 0.3) is 0 Å². The second-order valence-electron chi connectivity index (χ2n) is 4.92. The van der Waals surface area contributed by atoms with Gasteiger partial charge in [-0.05, 0) is 19.4 Å². The number of aromatic nitrogens is 4. The van der Waals surface area contributed by atoms with Crippen molar-refractivity contribution in [1.82, 2.24) is 24.8 Å². The molecule has 110 valence electrons. The zero-order valence-corrected chi connectivity index (χ0v) is 11.7. The molecule has 1 atom stereocenters. The Balaban J connectivity index is 1.85. The summed E-state index contributed by atoms with van der Waals surface area (Å²) in [7, 11) is 0. The molecular weight excluding hydrogens is 268 g/mol. The molecule has 0 aliphatic carbocycles. The van der Waals surface area contributed by atoms with E-state index in [-0.39, 0.29) is 12.6 Å². The minimum Gasteiger partial charge on any atom is -0.395 e. The molecule has 3 heterocycles. The lowest BCUT2D eigenvalue weighted by Crippen LogP contribution is -2.27. The van der Waals surface area contributed by atoms with Gasteiger partial charge >= 0.3 is 0 Å². The predicted molar refractivity (Wildman–Crippen MR) is 78.0 cm³/mol. The Labute approximate surface area is 123 Å². The number of hydrogen-bond acceptors (Lipinski definition) is 7. The maximum Gasteiger partial charge on any atom is 0.154 e. The Hall–Kier alpha value is -2.12. The normalized spacial score (nSPS) is 18.8. The zero-order valence-electron chi connectivity index (χ0n) is 11.7. The summed E-state index contributed by atoms with van der Waals surface area (Å²) >= 11 is 0. The second kappa shape index (κ2) is 6.55. The summed E-state index contributed by atoms with van der Waals surface area (Å²) in [6.07, 6.45) is 10.4. The van der Waals surface area contributed by atoms with Crippen LogP contribution >= 0.6 is 0 Å². The molecule has 0 saturated carbocycles. The maximum atomic E-state index is 9.18. The first kappa shape index (κ1) is 13.8. The number of nitrogens with one attached hydrogen (secondary N) is 1. The van der Waals surface area contributed by atoms with E-state index in [4.69, 9.17) is 0 Å². The van der Waals surface area contributed by atoms with Crippen LogP contribution in [0.1, 0.15) is 24.6 Å². The van der Waals surface area contributed by atoms with Gasteiger partial charge in [0.2, 0.25) is 0 Å². The average Bonchev–Trinajstić information content (AvgIpc) is 2.97. The Kier molecular flexibility index (Phi) is 4.32. The van der Waals surface area contributed by atoms with Gasteiger partial charge in [-0.2, -0.15) is 0 Å². The van der Waals surface area contributed by atoms with Gasteiger partial charge in [-0.1, -0.05) is 0 Å². The first-order valence-corrected chi connectivity index (χ1v) is 7.07. The van der Waals surface area contributed by atoms with Crippen LogP contribution in [0.4, 0.5) is 11.6 Å². The predicted octanol–water partition coefficient (Wildman–Crippen LogP) is 1.14. The van der Waals surface area contributed by atoms with Crippen LogP contribution < -0.4 is 5.32 Å². The highest BCUT2D eigenvalue weighted by Gasteiger charge is 2.29. The highest BCUT2D eigenvalue weighted by molar-refractivity contribution is 5.53. The van der Waals surface area contributed by atoms with Crippen molar-refractivity contribution in [2.24, 2.45) is 0 Å². The van der Waals surface area contributed by atoms with Gasteiger partial charge < -0.3 is 10.4 Å². The molecule has 7 heteroatoms. The summed E-state index contributed by atoms with van der Waals surface area (Å²) in [4.78, 5) is 19.4. The van der Waals surface area contributed by atoms with Crippen LogP contribution in [0.5, 0.6) is 0 Å².